The first kappa shape index (κ1) is 16.7. The van der Waals surface area contributed by atoms with E-state index < -0.39 is 0 Å². The standard InChI is InChI=1S/C16H17N5OS2/c1-12-9-17-21(10-12)8-7-14(22)18-15-19-20-16(24-15)23-11-13-5-3-2-4-6-13/h2-6,9-10H,7-8,11H2,1H3,(H,18,19,22). The summed E-state index contributed by atoms with van der Waals surface area (Å²) in [6, 6.07) is 10.2. The van der Waals surface area contributed by atoms with Gasteiger partial charge in [-0.05, 0) is 18.1 Å². The fourth-order valence-electron chi connectivity index (χ4n) is 2.03. The van der Waals surface area contributed by atoms with Crippen LogP contribution in [0.15, 0.2) is 47.1 Å². The highest BCUT2D eigenvalue weighted by Gasteiger charge is 2.09. The van der Waals surface area contributed by atoms with Crippen LogP contribution in [0.4, 0.5) is 5.13 Å². The molecular formula is C16H17N5OS2. The molecule has 1 amide bonds. The molecule has 2 heterocycles. The normalized spacial score (nSPS) is 10.7. The van der Waals surface area contributed by atoms with Gasteiger partial charge in [0.25, 0.3) is 0 Å². The van der Waals surface area contributed by atoms with Crippen molar-refractivity contribution in [3.63, 3.8) is 0 Å². The summed E-state index contributed by atoms with van der Waals surface area (Å²) in [5.74, 6) is 0.751. The lowest BCUT2D eigenvalue weighted by Gasteiger charge is -2.01. The highest BCUT2D eigenvalue weighted by molar-refractivity contribution is 8.00. The Morgan fingerprint density at radius 1 is 1.29 bits per heavy atom. The van der Waals surface area contributed by atoms with E-state index in [2.05, 4.69) is 32.7 Å². The zero-order valence-corrected chi connectivity index (χ0v) is 14.8. The zero-order chi connectivity index (χ0) is 16.8. The number of nitrogens with one attached hydrogen (secondary N) is 1. The van der Waals surface area contributed by atoms with Crippen LogP contribution in [0.5, 0.6) is 0 Å². The quantitative estimate of drug-likeness (QED) is 0.517. The maximum atomic E-state index is 12.0. The highest BCUT2D eigenvalue weighted by Crippen LogP contribution is 2.28. The number of anilines is 1. The van der Waals surface area contributed by atoms with Crippen LogP contribution in [0.2, 0.25) is 0 Å². The molecular weight excluding hydrogens is 342 g/mol. The Morgan fingerprint density at radius 2 is 2.12 bits per heavy atom. The summed E-state index contributed by atoms with van der Waals surface area (Å²) in [6.07, 6.45) is 4.04. The third kappa shape index (κ3) is 4.90. The van der Waals surface area contributed by atoms with Gasteiger partial charge in [-0.2, -0.15) is 5.10 Å². The lowest BCUT2D eigenvalue weighted by molar-refractivity contribution is -0.116. The first-order chi connectivity index (χ1) is 11.7. The summed E-state index contributed by atoms with van der Waals surface area (Å²) in [4.78, 5) is 12.0. The van der Waals surface area contributed by atoms with Gasteiger partial charge in [-0.3, -0.25) is 9.48 Å². The Morgan fingerprint density at radius 3 is 2.88 bits per heavy atom. The maximum Gasteiger partial charge on any atom is 0.228 e. The number of hydrogen-bond donors (Lipinski definition) is 1. The molecule has 1 N–H and O–H groups in total. The Bertz CT molecular complexity index is 800. The van der Waals surface area contributed by atoms with Crippen molar-refractivity contribution in [3.8, 4) is 0 Å². The van der Waals surface area contributed by atoms with Crippen molar-refractivity contribution in [2.75, 3.05) is 5.32 Å². The lowest BCUT2D eigenvalue weighted by Crippen LogP contribution is -2.14. The van der Waals surface area contributed by atoms with E-state index in [0.717, 1.165) is 15.7 Å². The summed E-state index contributed by atoms with van der Waals surface area (Å²) in [7, 11) is 0. The third-order valence-electron chi connectivity index (χ3n) is 3.19. The van der Waals surface area contributed by atoms with Crippen molar-refractivity contribution in [2.24, 2.45) is 0 Å². The summed E-state index contributed by atoms with van der Waals surface area (Å²) >= 11 is 3.01. The van der Waals surface area contributed by atoms with E-state index in [4.69, 9.17) is 0 Å². The van der Waals surface area contributed by atoms with Gasteiger partial charge in [0.2, 0.25) is 11.0 Å². The lowest BCUT2D eigenvalue weighted by atomic mass is 10.2. The van der Waals surface area contributed by atoms with Gasteiger partial charge in [0.05, 0.1) is 6.20 Å². The number of rotatable bonds is 7. The number of nitrogens with zero attached hydrogens (tertiary/aromatic N) is 4. The second kappa shape index (κ2) is 8.07. The topological polar surface area (TPSA) is 72.7 Å². The van der Waals surface area contributed by atoms with E-state index in [1.54, 1.807) is 22.6 Å². The van der Waals surface area contributed by atoms with Crippen molar-refractivity contribution >= 4 is 34.1 Å². The SMILES string of the molecule is Cc1cnn(CCC(=O)Nc2nnc(SCc3ccccc3)s2)c1. The van der Waals surface area contributed by atoms with Crippen LogP contribution in [0.3, 0.4) is 0 Å². The van der Waals surface area contributed by atoms with Gasteiger partial charge >= 0.3 is 0 Å². The van der Waals surface area contributed by atoms with E-state index in [1.807, 2.05) is 31.3 Å². The number of benzene rings is 1. The molecule has 0 saturated carbocycles. The molecule has 0 saturated heterocycles. The Labute approximate surface area is 148 Å². The smallest absolute Gasteiger partial charge is 0.228 e. The van der Waals surface area contributed by atoms with Crippen LogP contribution in [0.25, 0.3) is 0 Å². The van der Waals surface area contributed by atoms with Crippen molar-refractivity contribution in [1.82, 2.24) is 20.0 Å². The van der Waals surface area contributed by atoms with Gasteiger partial charge in [0.1, 0.15) is 0 Å². The first-order valence-electron chi connectivity index (χ1n) is 7.48. The van der Waals surface area contributed by atoms with Crippen LogP contribution in [0.1, 0.15) is 17.5 Å². The van der Waals surface area contributed by atoms with Crippen LogP contribution >= 0.6 is 23.1 Å². The van der Waals surface area contributed by atoms with E-state index >= 15 is 0 Å². The molecule has 0 spiro atoms. The number of amides is 1. The van der Waals surface area contributed by atoms with Crippen LogP contribution in [-0.2, 0) is 17.1 Å². The monoisotopic (exact) mass is 359 g/mol. The van der Waals surface area contributed by atoms with E-state index in [-0.39, 0.29) is 5.91 Å². The minimum atomic E-state index is -0.0843. The number of thioether (sulfide) groups is 1. The molecule has 0 unspecified atom stereocenters. The van der Waals surface area contributed by atoms with Crippen molar-refractivity contribution in [1.29, 1.82) is 0 Å². The van der Waals surface area contributed by atoms with Crippen LogP contribution in [0, 0.1) is 6.92 Å². The van der Waals surface area contributed by atoms with Gasteiger partial charge in [-0.25, -0.2) is 0 Å². The Kier molecular flexibility index (Phi) is 5.60. The highest BCUT2D eigenvalue weighted by atomic mass is 32.2. The van der Waals surface area contributed by atoms with E-state index in [9.17, 15) is 4.79 Å². The molecule has 3 rings (SSSR count). The Balaban J connectivity index is 1.45. The predicted octanol–water partition coefficient (Wildman–Crippen LogP) is 3.36. The molecule has 8 heteroatoms. The van der Waals surface area contributed by atoms with Crippen LogP contribution in [-0.4, -0.2) is 25.9 Å². The molecule has 0 fully saturated rings. The average molecular weight is 359 g/mol. The minimum Gasteiger partial charge on any atom is -0.300 e. The van der Waals surface area contributed by atoms with Crippen molar-refractivity contribution in [2.45, 2.75) is 30.0 Å². The van der Waals surface area contributed by atoms with Gasteiger partial charge in [0, 0.05) is 24.9 Å². The molecule has 2 aromatic heterocycles. The molecule has 0 aliphatic heterocycles. The largest absolute Gasteiger partial charge is 0.300 e. The number of hydrogen-bond acceptors (Lipinski definition) is 6. The molecule has 3 aromatic rings. The Hall–Kier alpha value is -2.19. The summed E-state index contributed by atoms with van der Waals surface area (Å²) in [5.41, 5.74) is 2.32. The number of carbonyl (C=O) groups is 1. The van der Waals surface area contributed by atoms with E-state index in [1.165, 1.54) is 16.9 Å². The number of carbonyl (C=O) groups excluding carboxylic acids is 1. The predicted molar refractivity (Wildman–Crippen MR) is 96.1 cm³/mol. The molecule has 124 valence electrons. The summed E-state index contributed by atoms with van der Waals surface area (Å²) < 4.78 is 2.60. The maximum absolute atomic E-state index is 12.0. The summed E-state index contributed by atoms with van der Waals surface area (Å²) in [6.45, 7) is 2.52. The zero-order valence-electron chi connectivity index (χ0n) is 13.2. The van der Waals surface area contributed by atoms with Gasteiger partial charge in [-0.15, -0.1) is 10.2 Å². The molecule has 0 aliphatic rings. The fourth-order valence-corrected chi connectivity index (χ4v) is 3.75. The van der Waals surface area contributed by atoms with E-state index in [0.29, 0.717) is 18.1 Å². The third-order valence-corrected chi connectivity index (χ3v) is 5.23. The molecule has 0 aliphatic carbocycles. The molecule has 6 nitrogen and oxygen atoms in total. The van der Waals surface area contributed by atoms with Gasteiger partial charge in [0.15, 0.2) is 4.34 Å². The first-order valence-corrected chi connectivity index (χ1v) is 9.28. The second-order valence-electron chi connectivity index (χ2n) is 5.23. The fraction of sp³-hybridized carbons (Fsp3) is 0.250. The van der Waals surface area contributed by atoms with Gasteiger partial charge < -0.3 is 5.32 Å². The van der Waals surface area contributed by atoms with Gasteiger partial charge in [-0.1, -0.05) is 53.4 Å². The minimum absolute atomic E-state index is 0.0843. The van der Waals surface area contributed by atoms with Crippen LogP contribution < -0.4 is 5.32 Å². The average Bonchev–Trinajstić information content (AvgIpc) is 3.21. The molecule has 0 radical (unpaired) electrons. The summed E-state index contributed by atoms with van der Waals surface area (Å²) in [5, 5.41) is 15.6. The molecule has 24 heavy (non-hydrogen) atoms. The van der Waals surface area contributed by atoms with Crippen molar-refractivity contribution < 1.29 is 4.79 Å². The molecule has 0 bridgehead atoms. The molecule has 1 aromatic carbocycles. The number of aryl methyl sites for hydroxylation is 2. The number of aromatic nitrogens is 4. The second-order valence-corrected chi connectivity index (χ2v) is 7.43. The molecule has 0 atom stereocenters. The van der Waals surface area contributed by atoms with Crippen molar-refractivity contribution in [3.05, 3.63) is 53.9 Å².